The molecule has 0 aliphatic carbocycles. The summed E-state index contributed by atoms with van der Waals surface area (Å²) < 4.78 is 33.2. The van der Waals surface area contributed by atoms with Crippen molar-refractivity contribution in [3.63, 3.8) is 0 Å². The summed E-state index contributed by atoms with van der Waals surface area (Å²) in [7, 11) is -3.61. The molecular formula is C17H22BrClN4O3S. The average Bonchev–Trinajstić information content (AvgIpc) is 3.01. The molecule has 1 aliphatic rings. The van der Waals surface area contributed by atoms with Crippen molar-refractivity contribution in [3.05, 3.63) is 39.4 Å². The smallest absolute Gasteiger partial charge is 0.244 e. The minimum Gasteiger partial charge on any atom is -0.339 e. The van der Waals surface area contributed by atoms with Gasteiger partial charge in [0.05, 0.1) is 11.6 Å². The van der Waals surface area contributed by atoms with Gasteiger partial charge in [-0.1, -0.05) is 46.5 Å². The summed E-state index contributed by atoms with van der Waals surface area (Å²) in [5.41, 5.74) is 0. The van der Waals surface area contributed by atoms with Crippen LogP contribution in [0.3, 0.4) is 0 Å². The second-order valence-electron chi connectivity index (χ2n) is 6.96. The van der Waals surface area contributed by atoms with E-state index in [2.05, 4.69) is 44.8 Å². The Kier molecular flexibility index (Phi) is 6.58. The number of rotatable bonds is 6. The Hall–Kier alpha value is -1.00. The van der Waals surface area contributed by atoms with E-state index in [1.165, 1.54) is 10.4 Å². The summed E-state index contributed by atoms with van der Waals surface area (Å²) >= 11 is 9.43. The molecule has 148 valence electrons. The minimum atomic E-state index is -3.61. The van der Waals surface area contributed by atoms with Crippen LogP contribution < -0.4 is 0 Å². The number of sulfonamides is 1. The molecule has 0 bridgehead atoms. The molecule has 0 spiro atoms. The molecule has 0 saturated carbocycles. The fraction of sp³-hybridized carbons (Fsp3) is 0.529. The first kappa shape index (κ1) is 20.7. The number of aromatic nitrogens is 2. The van der Waals surface area contributed by atoms with Crippen molar-refractivity contribution in [2.75, 3.05) is 26.2 Å². The topological polar surface area (TPSA) is 79.5 Å². The van der Waals surface area contributed by atoms with E-state index in [9.17, 15) is 8.42 Å². The third-order valence-electron chi connectivity index (χ3n) is 4.30. The molecule has 1 fully saturated rings. The van der Waals surface area contributed by atoms with Gasteiger partial charge in [-0.2, -0.15) is 9.29 Å². The molecule has 0 N–H and O–H groups in total. The number of halogens is 2. The lowest BCUT2D eigenvalue weighted by Crippen LogP contribution is -2.48. The van der Waals surface area contributed by atoms with E-state index in [0.29, 0.717) is 50.4 Å². The van der Waals surface area contributed by atoms with Crippen molar-refractivity contribution in [2.24, 2.45) is 5.92 Å². The molecule has 27 heavy (non-hydrogen) atoms. The van der Waals surface area contributed by atoms with Gasteiger partial charge in [0.25, 0.3) is 0 Å². The summed E-state index contributed by atoms with van der Waals surface area (Å²) in [5.74, 6) is 1.74. The van der Waals surface area contributed by atoms with Crippen LogP contribution in [0.15, 0.2) is 32.1 Å². The van der Waals surface area contributed by atoms with Gasteiger partial charge in [0.1, 0.15) is 4.90 Å². The second-order valence-corrected chi connectivity index (χ2v) is 10.2. The van der Waals surface area contributed by atoms with E-state index < -0.39 is 10.0 Å². The lowest BCUT2D eigenvalue weighted by molar-refractivity contribution is 0.176. The van der Waals surface area contributed by atoms with E-state index in [1.807, 2.05) is 0 Å². The van der Waals surface area contributed by atoms with Crippen molar-refractivity contribution in [3.8, 4) is 0 Å². The predicted molar refractivity (Wildman–Crippen MR) is 106 cm³/mol. The van der Waals surface area contributed by atoms with E-state index in [0.717, 1.165) is 10.9 Å². The van der Waals surface area contributed by atoms with E-state index in [1.54, 1.807) is 12.1 Å². The fourth-order valence-corrected chi connectivity index (χ4v) is 5.37. The summed E-state index contributed by atoms with van der Waals surface area (Å²) in [6, 6.07) is 4.80. The Bertz CT molecular complexity index is 895. The summed E-state index contributed by atoms with van der Waals surface area (Å²) in [6.07, 6.45) is 0.757. The maximum Gasteiger partial charge on any atom is 0.244 e. The van der Waals surface area contributed by atoms with Gasteiger partial charge in [-0.25, -0.2) is 8.42 Å². The minimum absolute atomic E-state index is 0.136. The highest BCUT2D eigenvalue weighted by Crippen LogP contribution is 2.28. The Morgan fingerprint density at radius 1 is 1.26 bits per heavy atom. The zero-order valence-electron chi connectivity index (χ0n) is 15.2. The van der Waals surface area contributed by atoms with E-state index >= 15 is 0 Å². The maximum absolute atomic E-state index is 12.9. The summed E-state index contributed by atoms with van der Waals surface area (Å²) in [6.45, 7) is 6.73. The molecule has 0 radical (unpaired) electrons. The fourth-order valence-electron chi connectivity index (χ4n) is 2.94. The molecule has 0 atom stereocenters. The number of hydrogen-bond donors (Lipinski definition) is 0. The quantitative estimate of drug-likeness (QED) is 0.636. The van der Waals surface area contributed by atoms with Gasteiger partial charge < -0.3 is 4.52 Å². The Morgan fingerprint density at radius 2 is 1.96 bits per heavy atom. The van der Waals surface area contributed by atoms with E-state index in [-0.39, 0.29) is 9.92 Å². The number of hydrogen-bond acceptors (Lipinski definition) is 6. The zero-order valence-corrected chi connectivity index (χ0v) is 18.4. The zero-order chi connectivity index (χ0) is 19.6. The van der Waals surface area contributed by atoms with Crippen LogP contribution in [0, 0.1) is 5.92 Å². The Morgan fingerprint density at radius 3 is 2.59 bits per heavy atom. The number of nitrogens with zero attached hydrogens (tertiary/aromatic N) is 4. The first-order valence-electron chi connectivity index (χ1n) is 8.74. The SMILES string of the molecule is CC(C)Cc1nc(CN2CCN(S(=O)(=O)c3ccc(Br)cc3Cl)CC2)no1. The highest BCUT2D eigenvalue weighted by Gasteiger charge is 2.30. The van der Waals surface area contributed by atoms with Gasteiger partial charge in [-0.15, -0.1) is 0 Å². The van der Waals surface area contributed by atoms with Gasteiger partial charge in [-0.3, -0.25) is 4.90 Å². The molecule has 1 saturated heterocycles. The normalized spacial score (nSPS) is 16.9. The summed E-state index contributed by atoms with van der Waals surface area (Å²) in [4.78, 5) is 6.67. The van der Waals surface area contributed by atoms with Crippen LogP contribution in [-0.2, 0) is 23.0 Å². The number of piperazine rings is 1. The lowest BCUT2D eigenvalue weighted by Gasteiger charge is -2.33. The van der Waals surface area contributed by atoms with Crippen molar-refractivity contribution in [1.82, 2.24) is 19.3 Å². The number of benzene rings is 1. The molecule has 1 aromatic heterocycles. The van der Waals surface area contributed by atoms with Crippen LogP contribution in [0.5, 0.6) is 0 Å². The van der Waals surface area contributed by atoms with Crippen molar-refractivity contribution in [1.29, 1.82) is 0 Å². The molecule has 2 heterocycles. The van der Waals surface area contributed by atoms with Crippen LogP contribution in [0.1, 0.15) is 25.6 Å². The van der Waals surface area contributed by atoms with Gasteiger partial charge in [0.15, 0.2) is 5.82 Å². The van der Waals surface area contributed by atoms with Crippen molar-refractivity contribution in [2.45, 2.75) is 31.7 Å². The maximum atomic E-state index is 12.9. The average molecular weight is 478 g/mol. The first-order valence-corrected chi connectivity index (χ1v) is 11.4. The molecule has 7 nitrogen and oxygen atoms in total. The van der Waals surface area contributed by atoms with Crippen LogP contribution in [0.4, 0.5) is 0 Å². The Labute approximate surface area is 172 Å². The highest BCUT2D eigenvalue weighted by atomic mass is 79.9. The monoisotopic (exact) mass is 476 g/mol. The lowest BCUT2D eigenvalue weighted by atomic mass is 10.1. The largest absolute Gasteiger partial charge is 0.339 e. The van der Waals surface area contributed by atoms with Crippen molar-refractivity contribution >= 4 is 37.6 Å². The third kappa shape index (κ3) is 5.08. The van der Waals surface area contributed by atoms with Crippen LogP contribution in [-0.4, -0.2) is 53.9 Å². The van der Waals surface area contributed by atoms with Crippen LogP contribution >= 0.6 is 27.5 Å². The predicted octanol–water partition coefficient (Wildman–Crippen LogP) is 3.19. The molecule has 1 aromatic carbocycles. The molecule has 0 amide bonds. The molecule has 2 aromatic rings. The van der Waals surface area contributed by atoms with Gasteiger partial charge >= 0.3 is 0 Å². The standard InChI is InChI=1S/C17H22BrClN4O3S/c1-12(2)9-17-20-16(21-26-17)11-22-5-7-23(8-6-22)27(24,25)15-4-3-13(18)10-14(15)19/h3-4,10,12H,5-9,11H2,1-2H3. The molecule has 1 aliphatic heterocycles. The van der Waals surface area contributed by atoms with E-state index in [4.69, 9.17) is 16.1 Å². The van der Waals surface area contributed by atoms with Gasteiger partial charge in [-0.05, 0) is 24.1 Å². The highest BCUT2D eigenvalue weighted by molar-refractivity contribution is 9.10. The summed E-state index contributed by atoms with van der Waals surface area (Å²) in [5, 5.41) is 4.24. The first-order chi connectivity index (χ1) is 12.8. The second kappa shape index (κ2) is 8.57. The Balaban J connectivity index is 1.60. The van der Waals surface area contributed by atoms with Crippen molar-refractivity contribution < 1.29 is 12.9 Å². The van der Waals surface area contributed by atoms with Gasteiger partial charge in [0, 0.05) is 37.1 Å². The van der Waals surface area contributed by atoms with Gasteiger partial charge in [0.2, 0.25) is 15.9 Å². The third-order valence-corrected chi connectivity index (χ3v) is 7.18. The molecular weight excluding hydrogens is 456 g/mol. The molecule has 0 unspecified atom stereocenters. The molecule has 3 rings (SSSR count). The van der Waals surface area contributed by atoms with Crippen LogP contribution in [0.25, 0.3) is 0 Å². The van der Waals surface area contributed by atoms with Crippen LogP contribution in [0.2, 0.25) is 5.02 Å². The molecule has 10 heteroatoms.